The molecule has 1 rings (SSSR count). The van der Waals surface area contributed by atoms with Crippen molar-refractivity contribution in [3.63, 3.8) is 0 Å². The molecule has 0 aromatic rings. The molecule has 1 atom stereocenters. The Balaban J connectivity index is 2.89. The summed E-state index contributed by atoms with van der Waals surface area (Å²) in [5.41, 5.74) is -0.420. The zero-order valence-electron chi connectivity index (χ0n) is 9.60. The van der Waals surface area contributed by atoms with Crippen LogP contribution in [0.1, 0.15) is 27.2 Å². The van der Waals surface area contributed by atoms with E-state index in [0.29, 0.717) is 0 Å². The van der Waals surface area contributed by atoms with E-state index in [1.807, 2.05) is 20.8 Å². The van der Waals surface area contributed by atoms with Crippen molar-refractivity contribution in [2.45, 2.75) is 44.7 Å². The van der Waals surface area contributed by atoms with Crippen LogP contribution in [0.15, 0.2) is 0 Å². The lowest BCUT2D eigenvalue weighted by atomic mass is 10.0. The molecule has 0 saturated carbocycles. The molecule has 5 heteroatoms. The molecule has 0 radical (unpaired) electrons. The second-order valence-electron chi connectivity index (χ2n) is 4.99. The van der Waals surface area contributed by atoms with Crippen LogP contribution in [0.5, 0.6) is 0 Å². The van der Waals surface area contributed by atoms with E-state index in [1.165, 1.54) is 7.05 Å². The van der Waals surface area contributed by atoms with Crippen molar-refractivity contribution in [3.05, 3.63) is 0 Å². The minimum absolute atomic E-state index is 0.331. The third-order valence-electron chi connectivity index (χ3n) is 2.68. The fourth-order valence-electron chi connectivity index (χ4n) is 1.92. The Hall–Kier alpha value is -0.710. The molecule has 1 aliphatic rings. The van der Waals surface area contributed by atoms with Gasteiger partial charge in [0, 0.05) is 19.0 Å². The minimum atomic E-state index is -2.76. The molecule has 0 aliphatic carbocycles. The number of hydrogen-bond donors (Lipinski definition) is 1. The first-order valence-corrected chi connectivity index (χ1v) is 5.03. The van der Waals surface area contributed by atoms with Crippen LogP contribution in [0.2, 0.25) is 0 Å². The van der Waals surface area contributed by atoms with Crippen LogP contribution >= 0.6 is 0 Å². The molecule has 0 aromatic carbocycles. The fourth-order valence-corrected chi connectivity index (χ4v) is 1.92. The molecule has 1 fully saturated rings. The first-order chi connectivity index (χ1) is 6.67. The average molecular weight is 220 g/mol. The van der Waals surface area contributed by atoms with Gasteiger partial charge in [0.2, 0.25) is 5.91 Å². The number of alkyl halides is 2. The van der Waals surface area contributed by atoms with E-state index in [4.69, 9.17) is 0 Å². The van der Waals surface area contributed by atoms with Gasteiger partial charge in [0.05, 0.1) is 12.6 Å². The van der Waals surface area contributed by atoms with Crippen LogP contribution in [0.4, 0.5) is 8.78 Å². The fraction of sp³-hybridized carbons (Fsp3) is 0.900. The van der Waals surface area contributed by atoms with Crippen LogP contribution in [0.3, 0.4) is 0 Å². The van der Waals surface area contributed by atoms with Crippen LogP contribution in [-0.2, 0) is 4.79 Å². The first-order valence-electron chi connectivity index (χ1n) is 5.03. The number of carbonyl (C=O) groups is 1. The zero-order valence-corrected chi connectivity index (χ0v) is 9.60. The van der Waals surface area contributed by atoms with Crippen molar-refractivity contribution >= 4 is 5.91 Å². The van der Waals surface area contributed by atoms with Crippen LogP contribution in [0, 0.1) is 0 Å². The number of rotatable bonds is 1. The summed E-state index contributed by atoms with van der Waals surface area (Å²) in [6, 6.07) is -0.718. The SMILES string of the molecule is CNC(=O)[C@H]1CC(F)(F)CN1C(C)(C)C. The lowest BCUT2D eigenvalue weighted by Gasteiger charge is -2.35. The standard InChI is InChI=1S/C10H18F2N2O/c1-9(2,3)14-6-10(11,12)5-7(14)8(15)13-4/h7H,5-6H2,1-4H3,(H,13,15)/t7-/m1/s1. The number of halogens is 2. The molecule has 0 unspecified atom stereocenters. The molecule has 0 bridgehead atoms. The maximum Gasteiger partial charge on any atom is 0.262 e. The lowest BCUT2D eigenvalue weighted by Crippen LogP contribution is -2.50. The van der Waals surface area contributed by atoms with Gasteiger partial charge in [0.1, 0.15) is 0 Å². The smallest absolute Gasteiger partial charge is 0.262 e. The summed E-state index contributed by atoms with van der Waals surface area (Å²) in [5.74, 6) is -3.09. The highest BCUT2D eigenvalue weighted by molar-refractivity contribution is 5.82. The molecule has 0 aromatic heterocycles. The summed E-state index contributed by atoms with van der Waals surface area (Å²) < 4.78 is 26.5. The predicted molar refractivity (Wildman–Crippen MR) is 53.9 cm³/mol. The summed E-state index contributed by atoms with van der Waals surface area (Å²) in [5, 5.41) is 2.43. The van der Waals surface area contributed by atoms with E-state index in [-0.39, 0.29) is 18.9 Å². The summed E-state index contributed by atoms with van der Waals surface area (Å²) >= 11 is 0. The zero-order chi connectivity index (χ0) is 11.9. The second kappa shape index (κ2) is 3.70. The van der Waals surface area contributed by atoms with E-state index in [2.05, 4.69) is 5.32 Å². The molecule has 1 heterocycles. The summed E-state index contributed by atoms with van der Waals surface area (Å²) in [7, 11) is 1.47. The van der Waals surface area contributed by atoms with Gasteiger partial charge in [-0.3, -0.25) is 9.69 Å². The lowest BCUT2D eigenvalue weighted by molar-refractivity contribution is -0.126. The Kier molecular flexibility index (Phi) is 3.05. The Morgan fingerprint density at radius 2 is 2.00 bits per heavy atom. The third kappa shape index (κ3) is 2.65. The van der Waals surface area contributed by atoms with Gasteiger partial charge in [-0.05, 0) is 20.8 Å². The number of nitrogens with zero attached hydrogens (tertiary/aromatic N) is 1. The highest BCUT2D eigenvalue weighted by atomic mass is 19.3. The van der Waals surface area contributed by atoms with E-state index >= 15 is 0 Å². The van der Waals surface area contributed by atoms with E-state index in [1.54, 1.807) is 4.90 Å². The molecular weight excluding hydrogens is 202 g/mol. The van der Waals surface area contributed by atoms with Crippen LogP contribution < -0.4 is 5.32 Å². The third-order valence-corrected chi connectivity index (χ3v) is 2.68. The Labute approximate surface area is 88.8 Å². The van der Waals surface area contributed by atoms with Gasteiger partial charge < -0.3 is 5.32 Å². The van der Waals surface area contributed by atoms with Gasteiger partial charge in [-0.1, -0.05) is 0 Å². The van der Waals surface area contributed by atoms with Gasteiger partial charge >= 0.3 is 0 Å². The Bertz CT molecular complexity index is 261. The number of likely N-dealkylation sites (tertiary alicyclic amines) is 1. The number of hydrogen-bond acceptors (Lipinski definition) is 2. The number of likely N-dealkylation sites (N-methyl/N-ethyl adjacent to an activating group) is 1. The molecule has 15 heavy (non-hydrogen) atoms. The van der Waals surface area contributed by atoms with Gasteiger partial charge in [-0.15, -0.1) is 0 Å². The molecular formula is C10H18F2N2O. The minimum Gasteiger partial charge on any atom is -0.358 e. The quantitative estimate of drug-likeness (QED) is 0.721. The van der Waals surface area contributed by atoms with Gasteiger partial charge in [-0.25, -0.2) is 8.78 Å². The topological polar surface area (TPSA) is 32.3 Å². The second-order valence-corrected chi connectivity index (χ2v) is 4.99. The number of carbonyl (C=O) groups excluding carboxylic acids is 1. The average Bonchev–Trinajstić information content (AvgIpc) is 2.39. The summed E-state index contributed by atoms with van der Waals surface area (Å²) in [4.78, 5) is 13.0. The monoisotopic (exact) mass is 220 g/mol. The molecule has 3 nitrogen and oxygen atoms in total. The number of amides is 1. The predicted octanol–water partition coefficient (Wildman–Crippen LogP) is 1.24. The number of nitrogens with one attached hydrogen (secondary N) is 1. The summed E-state index contributed by atoms with van der Waals surface area (Å²) in [6.07, 6.45) is -0.385. The van der Waals surface area contributed by atoms with Crippen molar-refractivity contribution in [2.75, 3.05) is 13.6 Å². The van der Waals surface area contributed by atoms with Crippen LogP contribution in [-0.4, -0.2) is 41.9 Å². The molecule has 0 spiro atoms. The highest BCUT2D eigenvalue weighted by Gasteiger charge is 2.50. The van der Waals surface area contributed by atoms with Crippen molar-refractivity contribution < 1.29 is 13.6 Å². The molecule has 1 N–H and O–H groups in total. The van der Waals surface area contributed by atoms with Gasteiger partial charge in [0.15, 0.2) is 0 Å². The van der Waals surface area contributed by atoms with Gasteiger partial charge in [0.25, 0.3) is 5.92 Å². The van der Waals surface area contributed by atoms with Crippen molar-refractivity contribution in [3.8, 4) is 0 Å². The van der Waals surface area contributed by atoms with E-state index in [9.17, 15) is 13.6 Å². The molecule has 1 amide bonds. The largest absolute Gasteiger partial charge is 0.358 e. The maximum atomic E-state index is 13.2. The van der Waals surface area contributed by atoms with E-state index < -0.39 is 17.5 Å². The van der Waals surface area contributed by atoms with E-state index in [0.717, 1.165) is 0 Å². The first kappa shape index (κ1) is 12.4. The maximum absolute atomic E-state index is 13.2. The van der Waals surface area contributed by atoms with Crippen LogP contribution in [0.25, 0.3) is 0 Å². The normalized spacial score (nSPS) is 26.7. The highest BCUT2D eigenvalue weighted by Crippen LogP contribution is 2.36. The van der Waals surface area contributed by atoms with Crippen molar-refractivity contribution in [1.29, 1.82) is 0 Å². The van der Waals surface area contributed by atoms with Crippen molar-refractivity contribution in [1.82, 2.24) is 10.2 Å². The van der Waals surface area contributed by atoms with Gasteiger partial charge in [-0.2, -0.15) is 0 Å². The van der Waals surface area contributed by atoms with Crippen molar-refractivity contribution in [2.24, 2.45) is 0 Å². The molecule has 1 aliphatic heterocycles. The molecule has 88 valence electrons. The Morgan fingerprint density at radius 1 is 1.47 bits per heavy atom. The molecule has 1 saturated heterocycles. The Morgan fingerprint density at radius 3 is 2.40 bits per heavy atom. The summed E-state index contributed by atoms with van der Waals surface area (Å²) in [6.45, 7) is 5.17.